The highest BCUT2D eigenvalue weighted by molar-refractivity contribution is 5.94. The van der Waals surface area contributed by atoms with E-state index in [1.54, 1.807) is 4.68 Å². The smallest absolute Gasteiger partial charge is 0.226 e. The molecule has 0 aliphatic carbocycles. The zero-order chi connectivity index (χ0) is 17.9. The van der Waals surface area contributed by atoms with Crippen molar-refractivity contribution in [1.29, 1.82) is 0 Å². The average molecular weight is 354 g/mol. The Hall–Kier alpha value is -2.34. The van der Waals surface area contributed by atoms with Gasteiger partial charge in [-0.1, -0.05) is 18.6 Å². The van der Waals surface area contributed by atoms with Crippen LogP contribution in [-0.4, -0.2) is 46.8 Å². The van der Waals surface area contributed by atoms with Gasteiger partial charge in [0, 0.05) is 31.5 Å². The van der Waals surface area contributed by atoms with Crippen molar-refractivity contribution in [3.05, 3.63) is 41.6 Å². The fourth-order valence-electron chi connectivity index (χ4n) is 3.94. The molecule has 1 atom stereocenters. The molecule has 0 radical (unpaired) electrons. The zero-order valence-electron chi connectivity index (χ0n) is 15.3. The first-order valence-corrected chi connectivity index (χ1v) is 9.47. The van der Waals surface area contributed by atoms with Gasteiger partial charge in [-0.2, -0.15) is 5.10 Å². The molecule has 26 heavy (non-hydrogen) atoms. The maximum atomic E-state index is 12.1. The lowest BCUT2D eigenvalue weighted by Crippen LogP contribution is -2.33. The topological polar surface area (TPSA) is 59.4 Å². The molecule has 0 bridgehead atoms. The zero-order valence-corrected chi connectivity index (χ0v) is 15.3. The summed E-state index contributed by atoms with van der Waals surface area (Å²) in [6.07, 6.45) is 6.24. The number of ether oxygens (including phenoxy) is 1. The van der Waals surface area contributed by atoms with Gasteiger partial charge in [0.15, 0.2) is 0 Å². The third-order valence-electron chi connectivity index (χ3n) is 5.38. The van der Waals surface area contributed by atoms with Crippen molar-refractivity contribution >= 4 is 11.7 Å². The van der Waals surface area contributed by atoms with Crippen LogP contribution in [0.4, 0.5) is 5.82 Å². The lowest BCUT2D eigenvalue weighted by Gasteiger charge is -2.26. The third-order valence-corrected chi connectivity index (χ3v) is 5.38. The summed E-state index contributed by atoms with van der Waals surface area (Å²) >= 11 is 0. The van der Waals surface area contributed by atoms with Crippen LogP contribution in [0.3, 0.4) is 0 Å². The van der Waals surface area contributed by atoms with E-state index in [-0.39, 0.29) is 11.8 Å². The first-order valence-electron chi connectivity index (χ1n) is 9.47. The minimum absolute atomic E-state index is 0.0260. The summed E-state index contributed by atoms with van der Waals surface area (Å²) < 4.78 is 7.72. The van der Waals surface area contributed by atoms with Gasteiger partial charge in [0.25, 0.3) is 0 Å². The number of fused-ring (bicyclic) bond motifs is 1. The molecule has 2 aromatic rings. The molecule has 4 rings (SSSR count). The minimum Gasteiger partial charge on any atom is -0.492 e. The standard InChI is InChI=1S/C20H26N4O2/c1-23-20-18(14-21-23)17(13-19(25)22-20)15-6-5-7-16(12-15)26-11-10-24-8-3-2-4-9-24/h5-7,12,14,17H,2-4,8-11,13H2,1H3,(H,22,25). The second-order valence-electron chi connectivity index (χ2n) is 7.20. The number of nitrogens with zero attached hydrogens (tertiary/aromatic N) is 3. The number of nitrogens with one attached hydrogen (secondary N) is 1. The number of carbonyl (C=O) groups excluding carboxylic acids is 1. The van der Waals surface area contributed by atoms with Crippen LogP contribution >= 0.6 is 0 Å². The Kier molecular flexibility index (Phi) is 4.93. The monoisotopic (exact) mass is 354 g/mol. The molecule has 1 unspecified atom stereocenters. The van der Waals surface area contributed by atoms with E-state index in [1.807, 2.05) is 25.4 Å². The van der Waals surface area contributed by atoms with Crippen LogP contribution in [0.1, 0.15) is 42.7 Å². The Labute approximate surface area is 154 Å². The maximum Gasteiger partial charge on any atom is 0.226 e. The van der Waals surface area contributed by atoms with E-state index < -0.39 is 0 Å². The van der Waals surface area contributed by atoms with Gasteiger partial charge in [0.05, 0.1) is 6.20 Å². The molecule has 0 spiro atoms. The van der Waals surface area contributed by atoms with E-state index in [0.29, 0.717) is 13.0 Å². The van der Waals surface area contributed by atoms with Crippen LogP contribution in [0.2, 0.25) is 0 Å². The maximum absolute atomic E-state index is 12.1. The van der Waals surface area contributed by atoms with Crippen molar-refractivity contribution in [2.45, 2.75) is 31.6 Å². The number of rotatable bonds is 5. The Balaban J connectivity index is 1.45. The molecule has 6 heteroatoms. The summed E-state index contributed by atoms with van der Waals surface area (Å²) in [4.78, 5) is 14.6. The van der Waals surface area contributed by atoms with E-state index in [0.717, 1.165) is 29.2 Å². The molecular formula is C20H26N4O2. The van der Waals surface area contributed by atoms with Crippen molar-refractivity contribution in [3.63, 3.8) is 0 Å². The highest BCUT2D eigenvalue weighted by Crippen LogP contribution is 2.37. The predicted octanol–water partition coefficient (Wildman–Crippen LogP) is 2.76. The van der Waals surface area contributed by atoms with Gasteiger partial charge in [-0.25, -0.2) is 0 Å². The highest BCUT2D eigenvalue weighted by Gasteiger charge is 2.29. The summed E-state index contributed by atoms with van der Waals surface area (Å²) in [5.41, 5.74) is 2.17. The largest absolute Gasteiger partial charge is 0.492 e. The van der Waals surface area contributed by atoms with E-state index >= 15 is 0 Å². The van der Waals surface area contributed by atoms with Gasteiger partial charge in [-0.05, 0) is 43.6 Å². The number of aryl methyl sites for hydroxylation is 1. The number of carbonyl (C=O) groups is 1. The number of hydrogen-bond acceptors (Lipinski definition) is 4. The summed E-state index contributed by atoms with van der Waals surface area (Å²) in [5, 5.41) is 7.22. The van der Waals surface area contributed by atoms with E-state index in [4.69, 9.17) is 4.74 Å². The van der Waals surface area contributed by atoms with E-state index in [9.17, 15) is 4.79 Å². The van der Waals surface area contributed by atoms with Crippen molar-refractivity contribution < 1.29 is 9.53 Å². The molecule has 0 saturated carbocycles. The first-order chi connectivity index (χ1) is 12.7. The first kappa shape index (κ1) is 17.1. The molecular weight excluding hydrogens is 328 g/mol. The second-order valence-corrected chi connectivity index (χ2v) is 7.20. The second kappa shape index (κ2) is 7.50. The summed E-state index contributed by atoms with van der Waals surface area (Å²) in [6.45, 7) is 4.05. The molecule has 1 N–H and O–H groups in total. The number of piperidine rings is 1. The van der Waals surface area contributed by atoms with Gasteiger partial charge >= 0.3 is 0 Å². The molecule has 1 saturated heterocycles. The Morgan fingerprint density at radius 1 is 1.27 bits per heavy atom. The minimum atomic E-state index is 0.0260. The van der Waals surface area contributed by atoms with Gasteiger partial charge in [-0.3, -0.25) is 14.4 Å². The van der Waals surface area contributed by atoms with Gasteiger partial charge in [0.2, 0.25) is 5.91 Å². The summed E-state index contributed by atoms with van der Waals surface area (Å²) in [5.74, 6) is 1.72. The van der Waals surface area contributed by atoms with Crippen LogP contribution in [-0.2, 0) is 11.8 Å². The number of benzene rings is 1. The van der Waals surface area contributed by atoms with E-state index in [1.165, 1.54) is 32.4 Å². The quantitative estimate of drug-likeness (QED) is 0.897. The average Bonchev–Trinajstić information content (AvgIpc) is 3.03. The number of amides is 1. The van der Waals surface area contributed by atoms with Gasteiger partial charge in [0.1, 0.15) is 18.2 Å². The van der Waals surface area contributed by atoms with Crippen molar-refractivity contribution in [1.82, 2.24) is 14.7 Å². The lowest BCUT2D eigenvalue weighted by molar-refractivity contribution is -0.116. The summed E-state index contributed by atoms with van der Waals surface area (Å²) in [7, 11) is 1.85. The van der Waals surface area contributed by atoms with Crippen molar-refractivity contribution in [2.75, 3.05) is 31.6 Å². The van der Waals surface area contributed by atoms with Gasteiger partial charge in [-0.15, -0.1) is 0 Å². The van der Waals surface area contributed by atoms with Gasteiger partial charge < -0.3 is 10.1 Å². The SMILES string of the molecule is Cn1ncc2c1NC(=O)CC2c1cccc(OCCN2CCCCC2)c1. The molecule has 1 amide bonds. The van der Waals surface area contributed by atoms with Crippen LogP contribution in [0.25, 0.3) is 0 Å². The predicted molar refractivity (Wildman–Crippen MR) is 101 cm³/mol. The Morgan fingerprint density at radius 2 is 2.12 bits per heavy atom. The number of aromatic nitrogens is 2. The molecule has 138 valence electrons. The third kappa shape index (κ3) is 3.60. The van der Waals surface area contributed by atoms with Crippen LogP contribution in [0, 0.1) is 0 Å². The van der Waals surface area contributed by atoms with Crippen molar-refractivity contribution in [2.24, 2.45) is 7.05 Å². The number of anilines is 1. The van der Waals surface area contributed by atoms with Crippen molar-refractivity contribution in [3.8, 4) is 5.75 Å². The Morgan fingerprint density at radius 3 is 2.96 bits per heavy atom. The lowest BCUT2D eigenvalue weighted by atomic mass is 9.87. The molecule has 2 aliphatic heterocycles. The molecule has 3 heterocycles. The normalized spacial score (nSPS) is 20.5. The summed E-state index contributed by atoms with van der Waals surface area (Å²) in [6, 6.07) is 8.13. The van der Waals surface area contributed by atoms with Crippen LogP contribution < -0.4 is 10.1 Å². The highest BCUT2D eigenvalue weighted by atomic mass is 16.5. The fraction of sp³-hybridized carbons (Fsp3) is 0.500. The molecule has 1 fully saturated rings. The Bertz CT molecular complexity index is 780. The molecule has 1 aromatic carbocycles. The van der Waals surface area contributed by atoms with E-state index in [2.05, 4.69) is 27.4 Å². The molecule has 6 nitrogen and oxygen atoms in total. The fourth-order valence-corrected chi connectivity index (χ4v) is 3.94. The molecule has 1 aromatic heterocycles. The van der Waals surface area contributed by atoms with Crippen LogP contribution in [0.5, 0.6) is 5.75 Å². The van der Waals surface area contributed by atoms with Crippen LogP contribution in [0.15, 0.2) is 30.5 Å². The number of likely N-dealkylation sites (tertiary alicyclic amines) is 1. The molecule has 2 aliphatic rings. The number of hydrogen-bond donors (Lipinski definition) is 1.